The number of benzene rings is 1. The van der Waals surface area contributed by atoms with E-state index in [1.54, 1.807) is 32.9 Å². The molecule has 2 rings (SSSR count). The molecule has 1 aromatic carbocycles. The van der Waals surface area contributed by atoms with Gasteiger partial charge in [-0.1, -0.05) is 19.1 Å². The van der Waals surface area contributed by atoms with Crippen LogP contribution in [0.1, 0.15) is 30.9 Å². The molecule has 28 heavy (non-hydrogen) atoms. The Labute approximate surface area is 161 Å². The second-order valence-corrected chi connectivity index (χ2v) is 7.30. The van der Waals surface area contributed by atoms with Gasteiger partial charge in [-0.3, -0.25) is 29.3 Å². The number of carbonyl (C=O) groups excluding carboxylic acids is 3. The zero-order chi connectivity index (χ0) is 21.2. The van der Waals surface area contributed by atoms with Crippen LogP contribution in [0.15, 0.2) is 18.2 Å². The Balaban J connectivity index is 2.31. The normalized spacial score (nSPS) is 22.5. The number of amides is 1. The topological polar surface area (TPSA) is 144 Å². The van der Waals surface area contributed by atoms with Crippen molar-refractivity contribution >= 4 is 29.1 Å². The summed E-state index contributed by atoms with van der Waals surface area (Å²) in [7, 11) is 0. The SMILES string of the molecule is Cc1ccc(C)c(NC(=O)C(=O)[C@@H]([C@H]2[C@H](C)CC(=O)[C@@H]2CC(=O)O)[N+](=O)[O-])c1. The maximum atomic E-state index is 12.6. The van der Waals surface area contributed by atoms with E-state index in [-0.39, 0.29) is 6.42 Å². The number of rotatable bonds is 7. The van der Waals surface area contributed by atoms with Gasteiger partial charge in [0.15, 0.2) is 0 Å². The predicted molar refractivity (Wildman–Crippen MR) is 98.4 cm³/mol. The maximum Gasteiger partial charge on any atom is 0.304 e. The molecule has 150 valence electrons. The second kappa shape index (κ2) is 8.28. The van der Waals surface area contributed by atoms with E-state index in [1.807, 2.05) is 6.07 Å². The van der Waals surface area contributed by atoms with Crippen LogP contribution >= 0.6 is 0 Å². The molecule has 1 aliphatic carbocycles. The van der Waals surface area contributed by atoms with Crippen LogP contribution in [0.4, 0.5) is 5.69 Å². The highest BCUT2D eigenvalue weighted by molar-refractivity contribution is 6.42. The summed E-state index contributed by atoms with van der Waals surface area (Å²) in [6.45, 7) is 5.06. The van der Waals surface area contributed by atoms with Crippen molar-refractivity contribution in [3.05, 3.63) is 39.4 Å². The number of nitro groups is 1. The summed E-state index contributed by atoms with van der Waals surface area (Å²) in [5.41, 5.74) is 1.87. The Morgan fingerprint density at radius 3 is 2.54 bits per heavy atom. The van der Waals surface area contributed by atoms with Gasteiger partial charge in [-0.25, -0.2) is 0 Å². The fourth-order valence-corrected chi connectivity index (χ4v) is 3.79. The minimum absolute atomic E-state index is 0.0567. The number of hydrogen-bond acceptors (Lipinski definition) is 6. The molecule has 1 aromatic rings. The lowest BCUT2D eigenvalue weighted by molar-refractivity contribution is -0.518. The summed E-state index contributed by atoms with van der Waals surface area (Å²) >= 11 is 0. The number of nitrogens with zero attached hydrogens (tertiary/aromatic N) is 1. The summed E-state index contributed by atoms with van der Waals surface area (Å²) in [6.07, 6.45) is -0.664. The third-order valence-corrected chi connectivity index (χ3v) is 5.18. The van der Waals surface area contributed by atoms with Crippen molar-refractivity contribution in [2.24, 2.45) is 17.8 Å². The molecule has 0 unspecified atom stereocenters. The zero-order valence-electron chi connectivity index (χ0n) is 15.8. The molecule has 0 bridgehead atoms. The number of aryl methyl sites for hydroxylation is 2. The molecular formula is C19H22N2O7. The van der Waals surface area contributed by atoms with Crippen LogP contribution in [0, 0.1) is 41.7 Å². The van der Waals surface area contributed by atoms with Crippen molar-refractivity contribution in [1.82, 2.24) is 0 Å². The summed E-state index contributed by atoms with van der Waals surface area (Å²) in [5.74, 6) is -7.05. The van der Waals surface area contributed by atoms with Gasteiger partial charge < -0.3 is 10.4 Å². The molecule has 2 N–H and O–H groups in total. The molecule has 0 saturated heterocycles. The minimum Gasteiger partial charge on any atom is -0.481 e. The molecular weight excluding hydrogens is 368 g/mol. The number of nitrogens with one attached hydrogen (secondary N) is 1. The molecule has 0 heterocycles. The molecule has 1 aliphatic rings. The van der Waals surface area contributed by atoms with Crippen LogP contribution in [0.2, 0.25) is 0 Å². The zero-order valence-corrected chi connectivity index (χ0v) is 15.8. The van der Waals surface area contributed by atoms with Gasteiger partial charge in [0.1, 0.15) is 5.78 Å². The van der Waals surface area contributed by atoms with Crippen molar-refractivity contribution in [3.63, 3.8) is 0 Å². The highest BCUT2D eigenvalue weighted by atomic mass is 16.6. The van der Waals surface area contributed by atoms with Gasteiger partial charge >= 0.3 is 5.97 Å². The minimum atomic E-state index is -1.98. The molecule has 0 aliphatic heterocycles. The van der Waals surface area contributed by atoms with Crippen LogP contribution in [0.5, 0.6) is 0 Å². The third kappa shape index (κ3) is 4.41. The van der Waals surface area contributed by atoms with E-state index in [0.29, 0.717) is 11.3 Å². The van der Waals surface area contributed by atoms with Crippen molar-refractivity contribution in [1.29, 1.82) is 0 Å². The number of aliphatic carboxylic acids is 1. The van der Waals surface area contributed by atoms with Crippen molar-refractivity contribution in [2.75, 3.05) is 5.32 Å². The molecule has 9 heteroatoms. The first-order valence-electron chi connectivity index (χ1n) is 8.83. The standard InChI is InChI=1S/C19H22N2O7/c1-9-4-5-10(2)13(6-9)20-19(26)18(25)17(21(27)28)16-11(3)7-14(22)12(16)8-15(23)24/h4-6,11-12,16-17H,7-8H2,1-3H3,(H,20,26)(H,23,24)/t11-,12+,16+,17-/m1/s1. The molecule has 0 aromatic heterocycles. The van der Waals surface area contributed by atoms with Gasteiger partial charge in [0.25, 0.3) is 17.7 Å². The Kier molecular flexibility index (Phi) is 6.27. The van der Waals surface area contributed by atoms with Crippen LogP contribution in [-0.4, -0.2) is 39.5 Å². The molecule has 1 amide bonds. The Morgan fingerprint density at radius 1 is 1.32 bits per heavy atom. The van der Waals surface area contributed by atoms with Crippen LogP contribution in [0.25, 0.3) is 0 Å². The van der Waals surface area contributed by atoms with E-state index >= 15 is 0 Å². The first-order chi connectivity index (χ1) is 13.0. The lowest BCUT2D eigenvalue weighted by atomic mass is 9.80. The van der Waals surface area contributed by atoms with Crippen molar-refractivity contribution < 1.29 is 29.2 Å². The van der Waals surface area contributed by atoms with Crippen LogP contribution < -0.4 is 5.32 Å². The smallest absolute Gasteiger partial charge is 0.304 e. The van der Waals surface area contributed by atoms with Gasteiger partial charge in [0.05, 0.1) is 6.42 Å². The number of carboxylic acids is 1. The number of anilines is 1. The van der Waals surface area contributed by atoms with Gasteiger partial charge in [0, 0.05) is 28.9 Å². The number of Topliss-reactive ketones (excluding diaryl/α,β-unsaturated/α-hetero) is 2. The highest BCUT2D eigenvalue weighted by Gasteiger charge is 2.54. The fraction of sp³-hybridized carbons (Fsp3) is 0.474. The number of carbonyl (C=O) groups is 4. The van der Waals surface area contributed by atoms with Gasteiger partial charge in [-0.15, -0.1) is 0 Å². The quantitative estimate of drug-likeness (QED) is 0.410. The molecule has 1 saturated carbocycles. The Hall–Kier alpha value is -3.10. The van der Waals surface area contributed by atoms with Crippen LogP contribution in [0.3, 0.4) is 0 Å². The summed E-state index contributed by atoms with van der Waals surface area (Å²) in [6, 6.07) is 3.21. The van der Waals surface area contributed by atoms with E-state index in [2.05, 4.69) is 5.32 Å². The maximum absolute atomic E-state index is 12.6. The Bertz CT molecular complexity index is 849. The molecule has 1 fully saturated rings. The van der Waals surface area contributed by atoms with E-state index < -0.39 is 58.6 Å². The van der Waals surface area contributed by atoms with Gasteiger partial charge in [-0.05, 0) is 37.0 Å². The van der Waals surface area contributed by atoms with Crippen molar-refractivity contribution in [2.45, 2.75) is 39.7 Å². The monoisotopic (exact) mass is 390 g/mol. The lowest BCUT2D eigenvalue weighted by Gasteiger charge is -2.23. The summed E-state index contributed by atoms with van der Waals surface area (Å²) < 4.78 is 0. The molecule has 0 spiro atoms. The molecule has 0 radical (unpaired) electrons. The highest BCUT2D eigenvalue weighted by Crippen LogP contribution is 2.39. The fourth-order valence-electron chi connectivity index (χ4n) is 3.79. The van der Waals surface area contributed by atoms with E-state index in [4.69, 9.17) is 5.11 Å². The molecule has 4 atom stereocenters. The number of hydrogen-bond donors (Lipinski definition) is 2. The Morgan fingerprint density at radius 2 is 1.96 bits per heavy atom. The van der Waals surface area contributed by atoms with E-state index in [9.17, 15) is 29.3 Å². The van der Waals surface area contributed by atoms with Crippen molar-refractivity contribution in [3.8, 4) is 0 Å². The largest absolute Gasteiger partial charge is 0.481 e. The first kappa shape index (κ1) is 21.2. The van der Waals surface area contributed by atoms with Gasteiger partial charge in [-0.2, -0.15) is 0 Å². The van der Waals surface area contributed by atoms with Gasteiger partial charge in [0.2, 0.25) is 0 Å². The molecule has 9 nitrogen and oxygen atoms in total. The summed E-state index contributed by atoms with van der Waals surface area (Å²) in [4.78, 5) is 59.0. The van der Waals surface area contributed by atoms with E-state index in [0.717, 1.165) is 5.56 Å². The number of ketones is 2. The first-order valence-corrected chi connectivity index (χ1v) is 8.83. The number of carboxylic acid groups (broad SMARTS) is 1. The average molecular weight is 390 g/mol. The average Bonchev–Trinajstić information content (AvgIpc) is 2.84. The third-order valence-electron chi connectivity index (χ3n) is 5.18. The lowest BCUT2D eigenvalue weighted by Crippen LogP contribution is -2.47. The summed E-state index contributed by atoms with van der Waals surface area (Å²) in [5, 5.41) is 23.1. The van der Waals surface area contributed by atoms with Crippen LogP contribution in [-0.2, 0) is 19.2 Å². The van der Waals surface area contributed by atoms with E-state index in [1.165, 1.54) is 0 Å². The predicted octanol–water partition coefficient (Wildman–Crippen LogP) is 1.77. The second-order valence-electron chi connectivity index (χ2n) is 7.30.